The topological polar surface area (TPSA) is 98.5 Å². The number of nitro benzene ring substituents is 1. The Labute approximate surface area is 139 Å². The minimum atomic E-state index is -0.664. The molecule has 2 aromatic rings. The third kappa shape index (κ3) is 4.62. The zero-order chi connectivity index (χ0) is 16.8. The van der Waals surface area contributed by atoms with Gasteiger partial charge in [0.15, 0.2) is 6.61 Å². The average Bonchev–Trinajstić information content (AvgIpc) is 2.53. The molecule has 0 spiro atoms. The Bertz CT molecular complexity index is 763. The summed E-state index contributed by atoms with van der Waals surface area (Å²) in [6, 6.07) is 12.2. The van der Waals surface area contributed by atoms with Crippen LogP contribution in [-0.2, 0) is 9.53 Å². The Morgan fingerprint density at radius 2 is 1.91 bits per heavy atom. The number of para-hydroxylation sites is 2. The number of amides is 1. The molecule has 1 N–H and O–H groups in total. The van der Waals surface area contributed by atoms with E-state index in [1.807, 2.05) is 0 Å². The predicted octanol–water partition coefficient (Wildman–Crippen LogP) is 3.15. The number of carbonyl (C=O) groups is 2. The highest BCUT2D eigenvalue weighted by Crippen LogP contribution is 2.23. The summed E-state index contributed by atoms with van der Waals surface area (Å²) in [4.78, 5) is 33.8. The maximum Gasteiger partial charge on any atom is 0.338 e. The average molecular weight is 379 g/mol. The molecule has 0 unspecified atom stereocenters. The minimum absolute atomic E-state index is 0.0426. The van der Waals surface area contributed by atoms with E-state index in [4.69, 9.17) is 4.74 Å². The standard InChI is InChI=1S/C15H11BrN2O5/c16-11-5-3-4-10(8-11)15(20)23-9-14(19)17-12-6-1-2-7-13(12)18(21)22/h1-8H,9H2,(H,17,19). The first-order chi connectivity index (χ1) is 11.0. The van der Waals surface area contributed by atoms with Gasteiger partial charge in [0.25, 0.3) is 11.6 Å². The molecule has 0 heterocycles. The third-order valence-corrected chi connectivity index (χ3v) is 3.26. The summed E-state index contributed by atoms with van der Waals surface area (Å²) in [5.74, 6) is -1.33. The van der Waals surface area contributed by atoms with E-state index in [1.165, 1.54) is 18.2 Å². The van der Waals surface area contributed by atoms with Gasteiger partial charge < -0.3 is 10.1 Å². The summed E-state index contributed by atoms with van der Waals surface area (Å²) in [6.45, 7) is -0.544. The second-order valence-corrected chi connectivity index (χ2v) is 5.32. The van der Waals surface area contributed by atoms with E-state index in [0.29, 0.717) is 4.47 Å². The van der Waals surface area contributed by atoms with Crippen molar-refractivity contribution < 1.29 is 19.2 Å². The molecule has 0 fully saturated rings. The van der Waals surface area contributed by atoms with E-state index in [1.54, 1.807) is 30.3 Å². The Morgan fingerprint density at radius 3 is 2.61 bits per heavy atom. The molecular formula is C15H11BrN2O5. The lowest BCUT2D eigenvalue weighted by molar-refractivity contribution is -0.383. The summed E-state index contributed by atoms with van der Waals surface area (Å²) < 4.78 is 5.58. The van der Waals surface area contributed by atoms with Gasteiger partial charge in [0.05, 0.1) is 10.5 Å². The molecular weight excluding hydrogens is 368 g/mol. The number of nitro groups is 1. The molecule has 118 valence electrons. The number of anilines is 1. The van der Waals surface area contributed by atoms with E-state index in [0.717, 1.165) is 0 Å². The second kappa shape index (κ2) is 7.50. The highest BCUT2D eigenvalue weighted by molar-refractivity contribution is 9.10. The fourth-order valence-corrected chi connectivity index (χ4v) is 2.15. The lowest BCUT2D eigenvalue weighted by atomic mass is 10.2. The maximum absolute atomic E-state index is 11.8. The summed E-state index contributed by atoms with van der Waals surface area (Å²) in [7, 11) is 0. The van der Waals surface area contributed by atoms with Gasteiger partial charge in [0.1, 0.15) is 5.69 Å². The van der Waals surface area contributed by atoms with Gasteiger partial charge in [-0.2, -0.15) is 0 Å². The normalized spacial score (nSPS) is 9.96. The number of nitrogens with zero attached hydrogens (tertiary/aromatic N) is 1. The number of benzene rings is 2. The van der Waals surface area contributed by atoms with Crippen LogP contribution in [0.2, 0.25) is 0 Å². The maximum atomic E-state index is 11.8. The molecule has 0 aliphatic carbocycles. The Kier molecular flexibility index (Phi) is 5.42. The van der Waals surface area contributed by atoms with Gasteiger partial charge in [0, 0.05) is 10.5 Å². The van der Waals surface area contributed by atoms with Crippen LogP contribution in [-0.4, -0.2) is 23.4 Å². The molecule has 0 aromatic heterocycles. The number of nitrogens with one attached hydrogen (secondary N) is 1. The largest absolute Gasteiger partial charge is 0.452 e. The Balaban J connectivity index is 1.96. The minimum Gasteiger partial charge on any atom is -0.452 e. The monoisotopic (exact) mass is 378 g/mol. The molecule has 0 atom stereocenters. The Morgan fingerprint density at radius 1 is 1.17 bits per heavy atom. The van der Waals surface area contributed by atoms with E-state index in [2.05, 4.69) is 21.2 Å². The van der Waals surface area contributed by atoms with Crippen molar-refractivity contribution in [3.63, 3.8) is 0 Å². The number of hydrogen-bond donors (Lipinski definition) is 1. The number of esters is 1. The van der Waals surface area contributed by atoms with Crippen LogP contribution in [0.15, 0.2) is 53.0 Å². The first-order valence-electron chi connectivity index (χ1n) is 6.43. The van der Waals surface area contributed by atoms with Gasteiger partial charge in [-0.05, 0) is 24.3 Å². The van der Waals surface area contributed by atoms with Crippen LogP contribution in [0.1, 0.15) is 10.4 Å². The van der Waals surface area contributed by atoms with Crippen molar-refractivity contribution in [2.24, 2.45) is 0 Å². The molecule has 7 nitrogen and oxygen atoms in total. The van der Waals surface area contributed by atoms with E-state index < -0.39 is 23.4 Å². The van der Waals surface area contributed by atoms with Gasteiger partial charge >= 0.3 is 5.97 Å². The molecule has 0 aliphatic rings. The molecule has 23 heavy (non-hydrogen) atoms. The highest BCUT2D eigenvalue weighted by atomic mass is 79.9. The third-order valence-electron chi connectivity index (χ3n) is 2.77. The summed E-state index contributed by atoms with van der Waals surface area (Å²) >= 11 is 3.23. The summed E-state index contributed by atoms with van der Waals surface area (Å²) in [5, 5.41) is 13.2. The molecule has 0 bridgehead atoms. The van der Waals surface area contributed by atoms with E-state index in [-0.39, 0.29) is 16.9 Å². The smallest absolute Gasteiger partial charge is 0.338 e. The fraction of sp³-hybridized carbons (Fsp3) is 0.0667. The van der Waals surface area contributed by atoms with Crippen LogP contribution in [0.25, 0.3) is 0 Å². The Hall–Kier alpha value is -2.74. The van der Waals surface area contributed by atoms with Crippen molar-refractivity contribution in [2.45, 2.75) is 0 Å². The fourth-order valence-electron chi connectivity index (χ4n) is 1.75. The number of hydrogen-bond acceptors (Lipinski definition) is 5. The molecule has 1 amide bonds. The van der Waals surface area contributed by atoms with Crippen molar-refractivity contribution >= 4 is 39.2 Å². The summed E-state index contributed by atoms with van der Waals surface area (Å²) in [5.41, 5.74) is 0.0954. The molecule has 0 radical (unpaired) electrons. The molecule has 2 rings (SSSR count). The quantitative estimate of drug-likeness (QED) is 0.489. The van der Waals surface area contributed by atoms with Gasteiger partial charge in [-0.25, -0.2) is 4.79 Å². The van der Waals surface area contributed by atoms with Gasteiger partial charge in [-0.1, -0.05) is 34.1 Å². The first kappa shape index (κ1) is 16.6. The van der Waals surface area contributed by atoms with E-state index >= 15 is 0 Å². The number of rotatable bonds is 5. The lowest BCUT2D eigenvalue weighted by Crippen LogP contribution is -2.21. The van der Waals surface area contributed by atoms with Gasteiger partial charge in [0.2, 0.25) is 0 Å². The van der Waals surface area contributed by atoms with Crippen LogP contribution in [0.4, 0.5) is 11.4 Å². The number of ether oxygens (including phenoxy) is 1. The van der Waals surface area contributed by atoms with Crippen molar-refractivity contribution in [2.75, 3.05) is 11.9 Å². The SMILES string of the molecule is O=C(COC(=O)c1cccc(Br)c1)Nc1ccccc1[N+](=O)[O-]. The first-order valence-corrected chi connectivity index (χ1v) is 7.22. The molecule has 0 saturated carbocycles. The van der Waals surface area contributed by atoms with Crippen LogP contribution in [0.5, 0.6) is 0 Å². The van der Waals surface area contributed by atoms with Gasteiger partial charge in [-0.3, -0.25) is 14.9 Å². The number of halogens is 1. The van der Waals surface area contributed by atoms with Crippen molar-refractivity contribution in [1.29, 1.82) is 0 Å². The van der Waals surface area contributed by atoms with Crippen LogP contribution in [0, 0.1) is 10.1 Å². The zero-order valence-corrected chi connectivity index (χ0v) is 13.3. The zero-order valence-electron chi connectivity index (χ0n) is 11.7. The number of carbonyl (C=O) groups excluding carboxylic acids is 2. The van der Waals surface area contributed by atoms with Crippen molar-refractivity contribution in [3.05, 3.63) is 68.7 Å². The molecule has 0 saturated heterocycles. The second-order valence-electron chi connectivity index (χ2n) is 4.41. The van der Waals surface area contributed by atoms with Crippen LogP contribution < -0.4 is 5.32 Å². The van der Waals surface area contributed by atoms with Gasteiger partial charge in [-0.15, -0.1) is 0 Å². The van der Waals surface area contributed by atoms with Crippen LogP contribution in [0.3, 0.4) is 0 Å². The van der Waals surface area contributed by atoms with Crippen LogP contribution >= 0.6 is 15.9 Å². The molecule has 0 aliphatic heterocycles. The predicted molar refractivity (Wildman–Crippen MR) is 86.2 cm³/mol. The van der Waals surface area contributed by atoms with Crippen molar-refractivity contribution in [3.8, 4) is 0 Å². The molecule has 8 heteroatoms. The van der Waals surface area contributed by atoms with Crippen molar-refractivity contribution in [1.82, 2.24) is 0 Å². The lowest BCUT2D eigenvalue weighted by Gasteiger charge is -2.07. The van der Waals surface area contributed by atoms with E-state index in [9.17, 15) is 19.7 Å². The summed E-state index contributed by atoms with van der Waals surface area (Å²) in [6.07, 6.45) is 0. The molecule has 2 aromatic carbocycles. The highest BCUT2D eigenvalue weighted by Gasteiger charge is 2.16.